The van der Waals surface area contributed by atoms with Gasteiger partial charge in [0.25, 0.3) is 5.91 Å². The SMILES string of the molecule is CN(C)S(=O)(=O)c1ccc(NC(=O)COC(=O)c2cccnc2Cl)cc1. The van der Waals surface area contributed by atoms with Crippen LogP contribution in [0.5, 0.6) is 0 Å². The second-order valence-corrected chi connectivity index (χ2v) is 7.79. The minimum Gasteiger partial charge on any atom is -0.452 e. The number of rotatable bonds is 6. The fourth-order valence-corrected chi connectivity index (χ4v) is 2.96. The molecule has 0 saturated heterocycles. The predicted molar refractivity (Wildman–Crippen MR) is 95.5 cm³/mol. The maximum Gasteiger partial charge on any atom is 0.341 e. The molecule has 0 aliphatic carbocycles. The highest BCUT2D eigenvalue weighted by atomic mass is 35.5. The molecule has 0 aliphatic rings. The molecular weight excluding hydrogens is 382 g/mol. The van der Waals surface area contributed by atoms with Gasteiger partial charge >= 0.3 is 5.97 Å². The number of ether oxygens (including phenoxy) is 1. The minimum atomic E-state index is -3.55. The van der Waals surface area contributed by atoms with Gasteiger partial charge in [0, 0.05) is 26.0 Å². The largest absolute Gasteiger partial charge is 0.452 e. The van der Waals surface area contributed by atoms with Crippen LogP contribution in [0.15, 0.2) is 47.5 Å². The van der Waals surface area contributed by atoms with Gasteiger partial charge in [-0.3, -0.25) is 4.79 Å². The number of halogens is 1. The fourth-order valence-electron chi connectivity index (χ4n) is 1.87. The molecule has 10 heteroatoms. The van der Waals surface area contributed by atoms with Crippen molar-refractivity contribution >= 4 is 39.2 Å². The highest BCUT2D eigenvalue weighted by Crippen LogP contribution is 2.17. The maximum atomic E-state index is 12.0. The molecule has 0 radical (unpaired) electrons. The van der Waals surface area contributed by atoms with E-state index in [2.05, 4.69) is 10.3 Å². The Labute approximate surface area is 155 Å². The van der Waals surface area contributed by atoms with Gasteiger partial charge in [-0.05, 0) is 36.4 Å². The smallest absolute Gasteiger partial charge is 0.341 e. The van der Waals surface area contributed by atoms with Crippen LogP contribution in [0.3, 0.4) is 0 Å². The number of esters is 1. The molecule has 1 amide bonds. The van der Waals surface area contributed by atoms with Gasteiger partial charge in [0.2, 0.25) is 10.0 Å². The molecule has 0 spiro atoms. The molecule has 8 nitrogen and oxygen atoms in total. The van der Waals surface area contributed by atoms with Crippen LogP contribution in [-0.2, 0) is 19.6 Å². The first-order chi connectivity index (χ1) is 12.2. The number of aromatic nitrogens is 1. The van der Waals surface area contributed by atoms with Gasteiger partial charge < -0.3 is 10.1 Å². The number of hydrogen-bond donors (Lipinski definition) is 1. The summed E-state index contributed by atoms with van der Waals surface area (Å²) in [5.41, 5.74) is 0.420. The molecule has 0 atom stereocenters. The molecule has 0 fully saturated rings. The molecule has 2 aromatic rings. The van der Waals surface area contributed by atoms with E-state index < -0.39 is 28.5 Å². The standard InChI is InChI=1S/C16H16ClN3O5S/c1-20(2)26(23,24)12-7-5-11(6-8-12)19-14(21)10-25-16(22)13-4-3-9-18-15(13)17/h3-9H,10H2,1-2H3,(H,19,21). The summed E-state index contributed by atoms with van der Waals surface area (Å²) >= 11 is 5.77. The van der Waals surface area contributed by atoms with Crippen LogP contribution in [0, 0.1) is 0 Å². The van der Waals surface area contributed by atoms with Gasteiger partial charge in [-0.15, -0.1) is 0 Å². The van der Waals surface area contributed by atoms with Crippen LogP contribution in [-0.4, -0.2) is 50.3 Å². The molecular formula is C16H16ClN3O5S. The van der Waals surface area contributed by atoms with Gasteiger partial charge in [-0.25, -0.2) is 22.5 Å². The fraction of sp³-hybridized carbons (Fsp3) is 0.188. The van der Waals surface area contributed by atoms with E-state index in [-0.39, 0.29) is 15.6 Å². The quantitative estimate of drug-likeness (QED) is 0.588. The van der Waals surface area contributed by atoms with Crippen molar-refractivity contribution in [3.05, 3.63) is 53.3 Å². The van der Waals surface area contributed by atoms with Crippen LogP contribution >= 0.6 is 11.6 Å². The molecule has 1 aromatic heterocycles. The summed E-state index contributed by atoms with van der Waals surface area (Å²) in [6.07, 6.45) is 1.42. The maximum absolute atomic E-state index is 12.0. The van der Waals surface area contributed by atoms with Gasteiger partial charge in [-0.1, -0.05) is 11.6 Å². The zero-order chi connectivity index (χ0) is 19.3. The Hall–Kier alpha value is -2.49. The van der Waals surface area contributed by atoms with Crippen LogP contribution in [0.25, 0.3) is 0 Å². The Morgan fingerprint density at radius 3 is 2.42 bits per heavy atom. The second-order valence-electron chi connectivity index (χ2n) is 5.28. The van der Waals surface area contributed by atoms with Crippen LogP contribution in [0.4, 0.5) is 5.69 Å². The Morgan fingerprint density at radius 2 is 1.85 bits per heavy atom. The third-order valence-electron chi connectivity index (χ3n) is 3.23. The Morgan fingerprint density at radius 1 is 1.19 bits per heavy atom. The molecule has 0 bridgehead atoms. The number of nitrogens with zero attached hydrogens (tertiary/aromatic N) is 2. The molecule has 1 aromatic carbocycles. The number of amides is 1. The number of benzene rings is 1. The number of pyridine rings is 1. The van der Waals surface area contributed by atoms with Gasteiger partial charge in [0.15, 0.2) is 6.61 Å². The van der Waals surface area contributed by atoms with Crippen molar-refractivity contribution in [1.29, 1.82) is 0 Å². The number of carbonyl (C=O) groups is 2. The summed E-state index contributed by atoms with van der Waals surface area (Å²) in [6.45, 7) is -0.526. The second kappa shape index (κ2) is 8.26. The number of nitrogens with one attached hydrogen (secondary N) is 1. The van der Waals surface area contributed by atoms with E-state index in [0.717, 1.165) is 4.31 Å². The monoisotopic (exact) mass is 397 g/mol. The normalized spacial score (nSPS) is 11.2. The summed E-state index contributed by atoms with van der Waals surface area (Å²) in [5.74, 6) is -1.35. The van der Waals surface area contributed by atoms with E-state index >= 15 is 0 Å². The zero-order valence-corrected chi connectivity index (χ0v) is 15.5. The van der Waals surface area contributed by atoms with Gasteiger partial charge in [0.05, 0.1) is 10.5 Å². The topological polar surface area (TPSA) is 106 Å². The van der Waals surface area contributed by atoms with E-state index in [0.29, 0.717) is 5.69 Å². The zero-order valence-electron chi connectivity index (χ0n) is 14.0. The van der Waals surface area contributed by atoms with Crippen LogP contribution < -0.4 is 5.32 Å². The molecule has 1 heterocycles. The molecule has 1 N–H and O–H groups in total. The lowest BCUT2D eigenvalue weighted by Crippen LogP contribution is -2.22. The average molecular weight is 398 g/mol. The van der Waals surface area contributed by atoms with Crippen molar-refractivity contribution in [2.75, 3.05) is 26.0 Å². The van der Waals surface area contributed by atoms with Crippen molar-refractivity contribution in [2.45, 2.75) is 4.90 Å². The van der Waals surface area contributed by atoms with E-state index in [1.165, 1.54) is 56.7 Å². The lowest BCUT2D eigenvalue weighted by atomic mass is 10.3. The first-order valence-corrected chi connectivity index (χ1v) is 9.13. The molecule has 0 saturated carbocycles. The number of carbonyl (C=O) groups excluding carboxylic acids is 2. The van der Waals surface area contributed by atoms with E-state index in [4.69, 9.17) is 16.3 Å². The molecule has 2 rings (SSSR count). The van der Waals surface area contributed by atoms with Crippen molar-refractivity contribution < 1.29 is 22.7 Å². The lowest BCUT2D eigenvalue weighted by Gasteiger charge is -2.12. The highest BCUT2D eigenvalue weighted by molar-refractivity contribution is 7.89. The highest BCUT2D eigenvalue weighted by Gasteiger charge is 2.17. The predicted octanol–water partition coefficient (Wildman–Crippen LogP) is 1.78. The van der Waals surface area contributed by atoms with Crippen molar-refractivity contribution in [1.82, 2.24) is 9.29 Å². The summed E-state index contributed by atoms with van der Waals surface area (Å²) in [7, 11) is -0.696. The summed E-state index contributed by atoms with van der Waals surface area (Å²) in [6, 6.07) is 8.56. The first-order valence-electron chi connectivity index (χ1n) is 7.32. The lowest BCUT2D eigenvalue weighted by molar-refractivity contribution is -0.119. The number of sulfonamides is 1. The first kappa shape index (κ1) is 19.8. The molecule has 138 valence electrons. The van der Waals surface area contributed by atoms with Crippen LogP contribution in [0.2, 0.25) is 5.15 Å². The Balaban J connectivity index is 1.94. The third-order valence-corrected chi connectivity index (χ3v) is 5.36. The molecule has 26 heavy (non-hydrogen) atoms. The Bertz CT molecular complexity index is 914. The van der Waals surface area contributed by atoms with Crippen molar-refractivity contribution in [3.8, 4) is 0 Å². The van der Waals surface area contributed by atoms with Crippen molar-refractivity contribution in [3.63, 3.8) is 0 Å². The minimum absolute atomic E-state index is 0.0180. The van der Waals surface area contributed by atoms with Crippen LogP contribution in [0.1, 0.15) is 10.4 Å². The number of anilines is 1. The number of hydrogen-bond acceptors (Lipinski definition) is 6. The van der Waals surface area contributed by atoms with Gasteiger partial charge in [0.1, 0.15) is 5.15 Å². The van der Waals surface area contributed by atoms with E-state index in [1.807, 2.05) is 0 Å². The van der Waals surface area contributed by atoms with Gasteiger partial charge in [-0.2, -0.15) is 0 Å². The summed E-state index contributed by atoms with van der Waals surface area (Å²) in [4.78, 5) is 27.5. The molecule has 0 aliphatic heterocycles. The van der Waals surface area contributed by atoms with E-state index in [1.54, 1.807) is 0 Å². The summed E-state index contributed by atoms with van der Waals surface area (Å²) < 4.78 is 29.9. The molecule has 0 unspecified atom stereocenters. The summed E-state index contributed by atoms with van der Waals surface area (Å²) in [5, 5.41) is 2.48. The third kappa shape index (κ3) is 4.78. The van der Waals surface area contributed by atoms with Crippen molar-refractivity contribution in [2.24, 2.45) is 0 Å². The Kier molecular flexibility index (Phi) is 6.30. The van der Waals surface area contributed by atoms with E-state index in [9.17, 15) is 18.0 Å². The average Bonchev–Trinajstić information content (AvgIpc) is 2.60.